The van der Waals surface area contributed by atoms with Crippen molar-refractivity contribution in [2.45, 2.75) is 27.7 Å². The monoisotopic (exact) mass is 689 g/mol. The van der Waals surface area contributed by atoms with Gasteiger partial charge in [0.1, 0.15) is 11.5 Å². The standard InChI is InChI=1S/C12H17NO.C11H15NO.C8H13N3O.C7H10N2O2/c1-9-8-11(10(2)13(3)4)6-7-12(9)14-5;1-8-7-10(9(2)12-3)5-6-11(8)13-4;1-6-5-9-8(11(2)3)10-7(6)12-4;1-5-4-8-7(11-3)9-6(5)10-2/h6-8H,2H2,1,3-5H3;5-7,12H,2H2,1,3-4H3;5H,1-4H3;4H,1-3H3. The van der Waals surface area contributed by atoms with E-state index in [1.807, 2.05) is 97.0 Å². The molecule has 0 unspecified atom stereocenters. The number of anilines is 1. The fraction of sp³-hybridized carbons (Fsp3) is 0.368. The number of benzene rings is 2. The van der Waals surface area contributed by atoms with Crippen LogP contribution in [0.15, 0.2) is 61.9 Å². The van der Waals surface area contributed by atoms with E-state index >= 15 is 0 Å². The van der Waals surface area contributed by atoms with E-state index in [-0.39, 0.29) is 0 Å². The third kappa shape index (κ3) is 13.2. The molecule has 4 rings (SSSR count). The average Bonchev–Trinajstić information content (AvgIpc) is 3.11. The van der Waals surface area contributed by atoms with Gasteiger partial charge in [0.05, 0.1) is 35.5 Å². The van der Waals surface area contributed by atoms with Gasteiger partial charge < -0.3 is 38.8 Å². The van der Waals surface area contributed by atoms with Gasteiger partial charge in [0.2, 0.25) is 17.7 Å². The number of aryl methyl sites for hydroxylation is 4. The van der Waals surface area contributed by atoms with Crippen molar-refractivity contribution in [3.05, 3.63) is 95.3 Å². The van der Waals surface area contributed by atoms with Gasteiger partial charge in [-0.2, -0.15) is 9.97 Å². The third-order valence-electron chi connectivity index (χ3n) is 7.10. The van der Waals surface area contributed by atoms with Crippen LogP contribution in [0.1, 0.15) is 33.4 Å². The molecular weight excluding hydrogens is 634 g/mol. The van der Waals surface area contributed by atoms with Gasteiger partial charge in [0.15, 0.2) is 0 Å². The van der Waals surface area contributed by atoms with E-state index in [9.17, 15) is 0 Å². The quantitative estimate of drug-likeness (QED) is 0.199. The van der Waals surface area contributed by atoms with E-state index in [0.29, 0.717) is 23.7 Å². The Morgan fingerprint density at radius 1 is 0.620 bits per heavy atom. The lowest BCUT2D eigenvalue weighted by molar-refractivity contribution is 0.350. The molecule has 0 saturated heterocycles. The summed E-state index contributed by atoms with van der Waals surface area (Å²) in [6.07, 6.45) is 3.41. The summed E-state index contributed by atoms with van der Waals surface area (Å²) in [5, 5.41) is 3.01. The number of nitrogens with zero attached hydrogens (tertiary/aromatic N) is 6. The van der Waals surface area contributed by atoms with Gasteiger partial charge >= 0.3 is 6.01 Å². The van der Waals surface area contributed by atoms with Crippen LogP contribution in [0, 0.1) is 27.7 Å². The van der Waals surface area contributed by atoms with Crippen molar-refractivity contribution in [1.82, 2.24) is 30.2 Å². The van der Waals surface area contributed by atoms with Crippen molar-refractivity contribution in [3.8, 4) is 29.3 Å². The van der Waals surface area contributed by atoms with Gasteiger partial charge in [0, 0.05) is 70.2 Å². The third-order valence-corrected chi connectivity index (χ3v) is 7.10. The number of aromatic nitrogens is 4. The fourth-order valence-electron chi connectivity index (χ4n) is 4.08. The lowest BCUT2D eigenvalue weighted by atomic mass is 10.1. The predicted octanol–water partition coefficient (Wildman–Crippen LogP) is 6.39. The van der Waals surface area contributed by atoms with Crippen LogP contribution >= 0.6 is 0 Å². The van der Waals surface area contributed by atoms with E-state index in [4.69, 9.17) is 23.7 Å². The minimum Gasteiger partial charge on any atom is -0.496 e. The molecule has 0 amide bonds. The summed E-state index contributed by atoms with van der Waals surface area (Å²) in [7, 11) is 17.7. The summed E-state index contributed by atoms with van der Waals surface area (Å²) in [5.41, 5.74) is 8.26. The Balaban J connectivity index is 0.000000335. The molecule has 2 heterocycles. The number of ether oxygens (including phenoxy) is 5. The zero-order valence-corrected chi connectivity index (χ0v) is 32.3. The maximum absolute atomic E-state index is 5.20. The summed E-state index contributed by atoms with van der Waals surface area (Å²) >= 11 is 0. The number of hydrogen-bond acceptors (Lipinski definition) is 12. The SMILES string of the molecule is C=C(NC)c1ccc(OC)c(C)c1.C=C(c1ccc(OC)c(C)c1)N(C)C.COc1nc(N(C)C)ncc1C.COc1ncc(C)c(OC)n1. The smallest absolute Gasteiger partial charge is 0.319 e. The van der Waals surface area contributed by atoms with Crippen LogP contribution in [0.25, 0.3) is 11.4 Å². The zero-order valence-electron chi connectivity index (χ0n) is 32.3. The lowest BCUT2D eigenvalue weighted by Gasteiger charge is -2.16. The first-order chi connectivity index (χ1) is 23.7. The predicted molar refractivity (Wildman–Crippen MR) is 204 cm³/mol. The molecule has 0 spiro atoms. The molecule has 0 bridgehead atoms. The average molecular weight is 690 g/mol. The molecular formula is C38H55N7O5. The normalized spacial score (nSPS) is 9.56. The van der Waals surface area contributed by atoms with Gasteiger partial charge in [-0.15, -0.1) is 0 Å². The Kier molecular flexibility index (Phi) is 18.2. The molecule has 2 aromatic carbocycles. The van der Waals surface area contributed by atoms with Gasteiger partial charge in [-0.3, -0.25) is 0 Å². The van der Waals surface area contributed by atoms with Crippen molar-refractivity contribution in [2.75, 3.05) is 75.7 Å². The molecule has 1 N–H and O–H groups in total. The van der Waals surface area contributed by atoms with Gasteiger partial charge in [0.25, 0.3) is 0 Å². The molecule has 0 atom stereocenters. The first-order valence-electron chi connectivity index (χ1n) is 15.7. The first-order valence-corrected chi connectivity index (χ1v) is 15.7. The topological polar surface area (TPSA) is 116 Å². The van der Waals surface area contributed by atoms with Crippen LogP contribution in [-0.2, 0) is 0 Å². The molecule has 0 fully saturated rings. The van der Waals surface area contributed by atoms with Gasteiger partial charge in [-0.1, -0.05) is 13.2 Å². The summed E-state index contributed by atoms with van der Waals surface area (Å²) < 4.78 is 25.2. The van der Waals surface area contributed by atoms with Crippen LogP contribution in [-0.4, -0.2) is 95.6 Å². The minimum absolute atomic E-state index is 0.326. The van der Waals surface area contributed by atoms with E-state index < -0.39 is 0 Å². The molecule has 0 radical (unpaired) electrons. The molecule has 12 nitrogen and oxygen atoms in total. The molecule has 0 aliphatic carbocycles. The Bertz CT molecular complexity index is 1680. The van der Waals surface area contributed by atoms with Crippen molar-refractivity contribution in [1.29, 1.82) is 0 Å². The van der Waals surface area contributed by atoms with Crippen LogP contribution in [0.4, 0.5) is 5.95 Å². The van der Waals surface area contributed by atoms with Crippen LogP contribution in [0.2, 0.25) is 0 Å². The zero-order chi connectivity index (χ0) is 38.0. The van der Waals surface area contributed by atoms with Crippen LogP contribution in [0.3, 0.4) is 0 Å². The van der Waals surface area contributed by atoms with Gasteiger partial charge in [-0.25, -0.2) is 9.97 Å². The second-order valence-corrected chi connectivity index (χ2v) is 11.2. The molecule has 0 aliphatic heterocycles. The largest absolute Gasteiger partial charge is 0.496 e. The maximum atomic E-state index is 5.20. The fourth-order valence-corrected chi connectivity index (χ4v) is 4.08. The van der Waals surface area contributed by atoms with E-state index in [1.54, 1.807) is 40.8 Å². The molecule has 272 valence electrons. The summed E-state index contributed by atoms with van der Waals surface area (Å²) in [6, 6.07) is 12.4. The summed E-state index contributed by atoms with van der Waals surface area (Å²) in [6.45, 7) is 15.7. The Morgan fingerprint density at radius 2 is 1.10 bits per heavy atom. The lowest BCUT2D eigenvalue weighted by Crippen LogP contribution is -2.13. The molecule has 0 aliphatic rings. The number of rotatable bonds is 10. The highest BCUT2D eigenvalue weighted by molar-refractivity contribution is 5.64. The van der Waals surface area contributed by atoms with Crippen molar-refractivity contribution >= 4 is 17.3 Å². The summed E-state index contributed by atoms with van der Waals surface area (Å²) in [4.78, 5) is 20.0. The second kappa shape index (κ2) is 21.5. The number of hydrogen-bond donors (Lipinski definition) is 1. The second-order valence-electron chi connectivity index (χ2n) is 11.2. The highest BCUT2D eigenvalue weighted by Crippen LogP contribution is 2.23. The van der Waals surface area contributed by atoms with Gasteiger partial charge in [-0.05, 0) is 86.3 Å². The molecule has 0 saturated carbocycles. The molecule has 4 aromatic rings. The Morgan fingerprint density at radius 3 is 1.52 bits per heavy atom. The molecule has 2 aromatic heterocycles. The van der Waals surface area contributed by atoms with E-state index in [2.05, 4.69) is 50.5 Å². The van der Waals surface area contributed by atoms with Crippen molar-refractivity contribution < 1.29 is 23.7 Å². The highest BCUT2D eigenvalue weighted by Gasteiger charge is 2.06. The number of methoxy groups -OCH3 is 5. The van der Waals surface area contributed by atoms with Crippen LogP contribution < -0.4 is 33.9 Å². The number of nitrogens with one attached hydrogen (secondary N) is 1. The minimum atomic E-state index is 0.326. The van der Waals surface area contributed by atoms with Crippen molar-refractivity contribution in [3.63, 3.8) is 0 Å². The van der Waals surface area contributed by atoms with Crippen molar-refractivity contribution in [2.24, 2.45) is 0 Å². The highest BCUT2D eigenvalue weighted by atomic mass is 16.5. The summed E-state index contributed by atoms with van der Waals surface area (Å²) in [5.74, 6) is 3.68. The molecule has 50 heavy (non-hydrogen) atoms. The first kappa shape index (κ1) is 42.5. The van der Waals surface area contributed by atoms with E-state index in [1.165, 1.54) is 7.11 Å². The molecule has 12 heteroatoms. The van der Waals surface area contributed by atoms with Crippen LogP contribution in [0.5, 0.6) is 29.3 Å². The maximum Gasteiger partial charge on any atom is 0.319 e. The Labute approximate surface area is 298 Å². The van der Waals surface area contributed by atoms with E-state index in [0.717, 1.165) is 56.3 Å². The Hall–Kier alpha value is -5.52.